The lowest BCUT2D eigenvalue weighted by molar-refractivity contribution is 0.535. The summed E-state index contributed by atoms with van der Waals surface area (Å²) in [4.78, 5) is 0. The molecule has 0 radical (unpaired) electrons. The molecule has 114 valence electrons. The topological polar surface area (TPSA) is 26.0 Å². The first-order valence-corrected chi connectivity index (χ1v) is 8.16. The lowest BCUT2D eigenvalue weighted by Gasteiger charge is -2.13. The molecule has 2 N–H and O–H groups in total. The minimum atomic E-state index is -0.145. The van der Waals surface area contributed by atoms with Crippen molar-refractivity contribution >= 4 is 0 Å². The van der Waals surface area contributed by atoms with Gasteiger partial charge in [-0.3, -0.25) is 0 Å². The summed E-state index contributed by atoms with van der Waals surface area (Å²) in [5, 5.41) is 0. The third-order valence-corrected chi connectivity index (χ3v) is 3.98. The molecule has 0 aliphatic rings. The Kier molecular flexibility index (Phi) is 8.52. The van der Waals surface area contributed by atoms with Gasteiger partial charge in [-0.1, -0.05) is 70.4 Å². The Balaban J connectivity index is 2.13. The van der Waals surface area contributed by atoms with E-state index >= 15 is 0 Å². The first kappa shape index (κ1) is 17.2. The van der Waals surface area contributed by atoms with E-state index in [1.165, 1.54) is 57.4 Å². The number of nitrogens with two attached hydrogens (primary N) is 1. The molecule has 0 saturated carbocycles. The molecule has 1 nitrogen and oxygen atoms in total. The molecule has 0 bridgehead atoms. The SMILES string of the molecule is CCCCCCCCCCC(N)c1ccc(F)c(C)c1. The van der Waals surface area contributed by atoms with Crippen molar-refractivity contribution < 1.29 is 4.39 Å². The van der Waals surface area contributed by atoms with Gasteiger partial charge in [-0.15, -0.1) is 0 Å². The predicted molar refractivity (Wildman–Crippen MR) is 85.3 cm³/mol. The monoisotopic (exact) mass is 279 g/mol. The highest BCUT2D eigenvalue weighted by Crippen LogP contribution is 2.20. The van der Waals surface area contributed by atoms with E-state index in [-0.39, 0.29) is 11.9 Å². The molecule has 1 atom stereocenters. The smallest absolute Gasteiger partial charge is 0.126 e. The van der Waals surface area contributed by atoms with E-state index in [0.717, 1.165) is 12.0 Å². The zero-order valence-corrected chi connectivity index (χ0v) is 13.1. The van der Waals surface area contributed by atoms with Crippen LogP contribution in [0.1, 0.15) is 81.9 Å². The molecule has 0 saturated heterocycles. The molecule has 0 amide bonds. The van der Waals surface area contributed by atoms with E-state index < -0.39 is 0 Å². The van der Waals surface area contributed by atoms with Crippen LogP contribution < -0.4 is 5.73 Å². The summed E-state index contributed by atoms with van der Waals surface area (Å²) in [5.74, 6) is -0.145. The lowest BCUT2D eigenvalue weighted by atomic mass is 9.99. The van der Waals surface area contributed by atoms with E-state index in [2.05, 4.69) is 6.92 Å². The Morgan fingerprint density at radius 3 is 2.20 bits per heavy atom. The first-order valence-electron chi connectivity index (χ1n) is 8.16. The van der Waals surface area contributed by atoms with E-state index in [4.69, 9.17) is 5.73 Å². The number of benzene rings is 1. The summed E-state index contributed by atoms with van der Waals surface area (Å²) in [5.41, 5.74) is 7.92. The standard InChI is InChI=1S/C18H30FN/c1-3-4-5-6-7-8-9-10-11-18(20)16-12-13-17(19)15(2)14-16/h12-14,18H,3-11,20H2,1-2H3. The fraction of sp³-hybridized carbons (Fsp3) is 0.667. The number of rotatable bonds is 10. The molecular weight excluding hydrogens is 249 g/mol. The molecule has 1 aromatic rings. The van der Waals surface area contributed by atoms with E-state index in [0.29, 0.717) is 5.56 Å². The van der Waals surface area contributed by atoms with Gasteiger partial charge >= 0.3 is 0 Å². The maximum atomic E-state index is 13.2. The summed E-state index contributed by atoms with van der Waals surface area (Å²) < 4.78 is 13.2. The van der Waals surface area contributed by atoms with E-state index in [1.807, 2.05) is 12.1 Å². The highest BCUT2D eigenvalue weighted by molar-refractivity contribution is 5.26. The van der Waals surface area contributed by atoms with Gasteiger partial charge in [0.1, 0.15) is 5.82 Å². The van der Waals surface area contributed by atoms with Crippen molar-refractivity contribution in [3.8, 4) is 0 Å². The van der Waals surface area contributed by atoms with Crippen molar-refractivity contribution in [2.24, 2.45) is 5.73 Å². The van der Waals surface area contributed by atoms with Crippen molar-refractivity contribution in [3.63, 3.8) is 0 Å². The third kappa shape index (κ3) is 6.51. The molecule has 0 aliphatic carbocycles. The maximum Gasteiger partial charge on any atom is 0.126 e. The summed E-state index contributed by atoms with van der Waals surface area (Å²) in [7, 11) is 0. The Morgan fingerprint density at radius 2 is 1.60 bits per heavy atom. The second kappa shape index (κ2) is 9.93. The van der Waals surface area contributed by atoms with Crippen LogP contribution in [0.3, 0.4) is 0 Å². The number of halogens is 1. The third-order valence-electron chi connectivity index (χ3n) is 3.98. The summed E-state index contributed by atoms with van der Waals surface area (Å²) in [6, 6.07) is 5.27. The van der Waals surface area contributed by atoms with Gasteiger partial charge < -0.3 is 5.73 Å². The van der Waals surface area contributed by atoms with Crippen LogP contribution >= 0.6 is 0 Å². The van der Waals surface area contributed by atoms with Crippen molar-refractivity contribution in [2.45, 2.75) is 77.7 Å². The summed E-state index contributed by atoms with van der Waals surface area (Å²) in [6.07, 6.45) is 11.5. The van der Waals surface area contributed by atoms with Crippen LogP contribution in [0.15, 0.2) is 18.2 Å². The van der Waals surface area contributed by atoms with Gasteiger partial charge in [-0.05, 0) is 30.5 Å². The molecule has 20 heavy (non-hydrogen) atoms. The molecule has 0 fully saturated rings. The quantitative estimate of drug-likeness (QED) is 0.549. The number of aryl methyl sites for hydroxylation is 1. The van der Waals surface area contributed by atoms with Crippen LogP contribution in [0.4, 0.5) is 4.39 Å². The van der Waals surface area contributed by atoms with Crippen LogP contribution in [0, 0.1) is 12.7 Å². The number of hydrogen-bond acceptors (Lipinski definition) is 1. The Hall–Kier alpha value is -0.890. The van der Waals surface area contributed by atoms with Gasteiger partial charge in [0.05, 0.1) is 0 Å². The van der Waals surface area contributed by atoms with E-state index in [9.17, 15) is 4.39 Å². The highest BCUT2D eigenvalue weighted by atomic mass is 19.1. The Bertz CT molecular complexity index is 376. The molecule has 0 spiro atoms. The normalized spacial score (nSPS) is 12.6. The Morgan fingerprint density at radius 1 is 1.00 bits per heavy atom. The Labute approximate surface area is 123 Å². The number of hydrogen-bond donors (Lipinski definition) is 1. The second-order valence-electron chi connectivity index (χ2n) is 5.88. The van der Waals surface area contributed by atoms with Crippen molar-refractivity contribution in [2.75, 3.05) is 0 Å². The molecule has 2 heteroatoms. The average molecular weight is 279 g/mol. The van der Waals surface area contributed by atoms with Gasteiger partial charge in [0, 0.05) is 6.04 Å². The fourth-order valence-corrected chi connectivity index (χ4v) is 2.56. The van der Waals surface area contributed by atoms with Gasteiger partial charge in [-0.25, -0.2) is 4.39 Å². The number of unbranched alkanes of at least 4 members (excludes halogenated alkanes) is 7. The van der Waals surface area contributed by atoms with Crippen LogP contribution in [0.5, 0.6) is 0 Å². The van der Waals surface area contributed by atoms with Crippen LogP contribution in [-0.4, -0.2) is 0 Å². The minimum Gasteiger partial charge on any atom is -0.324 e. The minimum absolute atomic E-state index is 0.0504. The second-order valence-corrected chi connectivity index (χ2v) is 5.88. The van der Waals surface area contributed by atoms with Gasteiger partial charge in [0.2, 0.25) is 0 Å². The predicted octanol–water partition coefficient (Wildman–Crippen LogP) is 5.66. The van der Waals surface area contributed by atoms with Crippen molar-refractivity contribution in [3.05, 3.63) is 35.1 Å². The lowest BCUT2D eigenvalue weighted by Crippen LogP contribution is -2.10. The molecule has 0 heterocycles. The van der Waals surface area contributed by atoms with Gasteiger partial charge in [-0.2, -0.15) is 0 Å². The van der Waals surface area contributed by atoms with Crippen molar-refractivity contribution in [1.82, 2.24) is 0 Å². The average Bonchev–Trinajstić information content (AvgIpc) is 2.44. The molecule has 1 unspecified atom stereocenters. The van der Waals surface area contributed by atoms with Crippen LogP contribution in [0.25, 0.3) is 0 Å². The van der Waals surface area contributed by atoms with Crippen LogP contribution in [0.2, 0.25) is 0 Å². The van der Waals surface area contributed by atoms with Crippen molar-refractivity contribution in [1.29, 1.82) is 0 Å². The first-order chi connectivity index (χ1) is 9.65. The largest absolute Gasteiger partial charge is 0.324 e. The van der Waals surface area contributed by atoms with E-state index in [1.54, 1.807) is 6.92 Å². The summed E-state index contributed by atoms with van der Waals surface area (Å²) in [6.45, 7) is 4.04. The molecule has 1 aromatic carbocycles. The zero-order valence-electron chi connectivity index (χ0n) is 13.1. The zero-order chi connectivity index (χ0) is 14.8. The van der Waals surface area contributed by atoms with Gasteiger partial charge in [0.15, 0.2) is 0 Å². The highest BCUT2D eigenvalue weighted by Gasteiger charge is 2.07. The molecular formula is C18H30FN. The maximum absolute atomic E-state index is 13.2. The van der Waals surface area contributed by atoms with Crippen LogP contribution in [-0.2, 0) is 0 Å². The fourth-order valence-electron chi connectivity index (χ4n) is 2.56. The van der Waals surface area contributed by atoms with Gasteiger partial charge in [0.25, 0.3) is 0 Å². The molecule has 0 aromatic heterocycles. The summed E-state index contributed by atoms with van der Waals surface area (Å²) >= 11 is 0. The molecule has 0 aliphatic heterocycles. The molecule has 1 rings (SSSR count).